The van der Waals surface area contributed by atoms with E-state index in [2.05, 4.69) is 19.2 Å². The second kappa shape index (κ2) is 9.25. The molecule has 1 aromatic carbocycles. The number of halogens is 2. The lowest BCUT2D eigenvalue weighted by Gasteiger charge is -2.47. The minimum atomic E-state index is -0.976. The predicted molar refractivity (Wildman–Crippen MR) is 120 cm³/mol. The molecule has 3 unspecified atom stereocenters. The molecule has 2 heterocycles. The van der Waals surface area contributed by atoms with Gasteiger partial charge in [0.25, 0.3) is 5.91 Å². The van der Waals surface area contributed by atoms with Crippen molar-refractivity contribution in [1.29, 1.82) is 0 Å². The van der Waals surface area contributed by atoms with Crippen LogP contribution in [0.1, 0.15) is 45.1 Å². The van der Waals surface area contributed by atoms with Gasteiger partial charge in [-0.3, -0.25) is 4.79 Å². The zero-order valence-corrected chi connectivity index (χ0v) is 18.7. The van der Waals surface area contributed by atoms with Gasteiger partial charge in [-0.05, 0) is 37.7 Å². The standard InChI is InChI=1S/C24H28F2N2O2S/c1-15(2)10-19-11-17-13-31-23(27-22(29)16-6-4-3-5-7-16)28-24(17,14-30-19)20-9-8-18(25)12-21(20)26/h4,6-9,12,15,17,19H,3,5,10-11,13-14H2,1-2H3,(H,27,28,29). The van der Waals surface area contributed by atoms with Crippen molar-refractivity contribution in [3.8, 4) is 0 Å². The van der Waals surface area contributed by atoms with Gasteiger partial charge in [0.2, 0.25) is 0 Å². The van der Waals surface area contributed by atoms with Crippen molar-refractivity contribution in [1.82, 2.24) is 5.32 Å². The molecule has 7 heteroatoms. The molecule has 3 atom stereocenters. The highest BCUT2D eigenvalue weighted by Crippen LogP contribution is 2.47. The molecule has 1 aliphatic carbocycles. The van der Waals surface area contributed by atoms with E-state index in [1.807, 2.05) is 18.2 Å². The summed E-state index contributed by atoms with van der Waals surface area (Å²) >= 11 is 1.48. The summed E-state index contributed by atoms with van der Waals surface area (Å²) < 4.78 is 34.7. The lowest BCUT2D eigenvalue weighted by Crippen LogP contribution is -2.51. The van der Waals surface area contributed by atoms with Crippen molar-refractivity contribution in [2.45, 2.75) is 51.2 Å². The number of rotatable bonds is 4. The molecule has 1 amide bonds. The van der Waals surface area contributed by atoms with Crippen LogP contribution < -0.4 is 5.32 Å². The summed E-state index contributed by atoms with van der Waals surface area (Å²) in [5, 5.41) is 3.35. The summed E-state index contributed by atoms with van der Waals surface area (Å²) in [6.07, 6.45) is 9.21. The van der Waals surface area contributed by atoms with Crippen LogP contribution in [0.3, 0.4) is 0 Å². The van der Waals surface area contributed by atoms with Gasteiger partial charge in [-0.2, -0.15) is 0 Å². The fourth-order valence-electron chi connectivity index (χ4n) is 4.57. The van der Waals surface area contributed by atoms with E-state index < -0.39 is 17.2 Å². The highest BCUT2D eigenvalue weighted by atomic mass is 32.2. The molecule has 4 rings (SSSR count). The van der Waals surface area contributed by atoms with Gasteiger partial charge < -0.3 is 10.1 Å². The molecule has 31 heavy (non-hydrogen) atoms. The Labute approximate surface area is 186 Å². The number of aliphatic imine (C=N–C) groups is 1. The number of carbonyl (C=O) groups is 1. The number of benzene rings is 1. The Morgan fingerprint density at radius 1 is 1.35 bits per heavy atom. The lowest BCUT2D eigenvalue weighted by molar-refractivity contribution is -0.115. The van der Waals surface area contributed by atoms with Crippen LogP contribution in [0, 0.1) is 23.5 Å². The number of thioether (sulfide) groups is 1. The first kappa shape index (κ1) is 22.2. The molecular weight excluding hydrogens is 418 g/mol. The first-order valence-corrected chi connectivity index (χ1v) is 11.8. The summed E-state index contributed by atoms with van der Waals surface area (Å²) in [5.41, 5.74) is -0.0445. The van der Waals surface area contributed by atoms with Crippen LogP contribution in [-0.4, -0.2) is 29.5 Å². The molecule has 0 aromatic heterocycles. The van der Waals surface area contributed by atoms with E-state index in [0.29, 0.717) is 28.0 Å². The summed E-state index contributed by atoms with van der Waals surface area (Å²) in [7, 11) is 0. The van der Waals surface area contributed by atoms with Crippen LogP contribution in [0.25, 0.3) is 0 Å². The molecule has 1 aromatic rings. The first-order chi connectivity index (χ1) is 14.9. The summed E-state index contributed by atoms with van der Waals surface area (Å²) in [6, 6.07) is 3.63. The van der Waals surface area contributed by atoms with Crippen LogP contribution in [0.4, 0.5) is 8.78 Å². The number of nitrogens with zero attached hydrogens (tertiary/aromatic N) is 1. The highest BCUT2D eigenvalue weighted by Gasteiger charge is 2.49. The molecule has 2 aliphatic heterocycles. The molecule has 3 aliphatic rings. The zero-order chi connectivity index (χ0) is 22.0. The van der Waals surface area contributed by atoms with E-state index in [1.54, 1.807) is 0 Å². The highest BCUT2D eigenvalue weighted by molar-refractivity contribution is 8.13. The van der Waals surface area contributed by atoms with Gasteiger partial charge >= 0.3 is 0 Å². The van der Waals surface area contributed by atoms with Crippen molar-refractivity contribution in [3.63, 3.8) is 0 Å². The third-order valence-corrected chi connectivity index (χ3v) is 7.13. The van der Waals surface area contributed by atoms with Crippen LogP contribution in [-0.2, 0) is 15.1 Å². The Hall–Kier alpha value is -1.99. The molecular formula is C24H28F2N2O2S. The monoisotopic (exact) mass is 446 g/mol. The number of amides is 1. The second-order valence-corrected chi connectivity index (χ2v) is 9.87. The molecule has 4 nitrogen and oxygen atoms in total. The number of allylic oxidation sites excluding steroid dienone is 2. The molecule has 1 saturated heterocycles. The van der Waals surface area contributed by atoms with Crippen LogP contribution in [0.2, 0.25) is 0 Å². The number of carbonyl (C=O) groups excluding carboxylic acids is 1. The van der Waals surface area contributed by atoms with E-state index in [4.69, 9.17) is 9.73 Å². The largest absolute Gasteiger partial charge is 0.375 e. The lowest BCUT2D eigenvalue weighted by atomic mass is 9.74. The fraction of sp³-hybridized carbons (Fsp3) is 0.500. The number of ether oxygens (including phenoxy) is 1. The van der Waals surface area contributed by atoms with Crippen molar-refractivity contribution >= 4 is 22.8 Å². The summed E-state index contributed by atoms with van der Waals surface area (Å²) in [6.45, 7) is 4.52. The Kier molecular flexibility index (Phi) is 6.63. The summed E-state index contributed by atoms with van der Waals surface area (Å²) in [5.74, 6) is -0.263. The van der Waals surface area contributed by atoms with Crippen LogP contribution in [0.15, 0.2) is 47.0 Å². The minimum absolute atomic E-state index is 0.0319. The minimum Gasteiger partial charge on any atom is -0.375 e. The van der Waals surface area contributed by atoms with Gasteiger partial charge in [0.1, 0.15) is 17.2 Å². The maximum absolute atomic E-state index is 14.9. The van der Waals surface area contributed by atoms with Crippen molar-refractivity contribution in [2.24, 2.45) is 16.8 Å². The molecule has 0 bridgehead atoms. The smallest absolute Gasteiger partial charge is 0.256 e. The predicted octanol–water partition coefficient (Wildman–Crippen LogP) is 5.11. The average Bonchev–Trinajstić information content (AvgIpc) is 2.74. The zero-order valence-electron chi connectivity index (χ0n) is 17.9. The Bertz CT molecular complexity index is 944. The normalized spacial score (nSPS) is 28.0. The van der Waals surface area contributed by atoms with E-state index >= 15 is 0 Å². The van der Waals surface area contributed by atoms with E-state index in [1.165, 1.54) is 23.9 Å². The number of amidine groups is 1. The van der Waals surface area contributed by atoms with Gasteiger partial charge in [-0.15, -0.1) is 0 Å². The SMILES string of the molecule is CC(C)CC1CC2CSC(NC(=O)C3=CCCC=C3)=NC2(c2ccc(F)cc2F)CO1. The van der Waals surface area contributed by atoms with Gasteiger partial charge in [0, 0.05) is 28.9 Å². The topological polar surface area (TPSA) is 50.7 Å². The Morgan fingerprint density at radius 3 is 2.90 bits per heavy atom. The molecule has 0 spiro atoms. The van der Waals surface area contributed by atoms with Crippen LogP contribution in [0.5, 0.6) is 0 Å². The van der Waals surface area contributed by atoms with E-state index in [-0.39, 0.29) is 24.5 Å². The van der Waals surface area contributed by atoms with Crippen LogP contribution >= 0.6 is 11.8 Å². The molecule has 166 valence electrons. The molecule has 0 saturated carbocycles. The fourth-order valence-corrected chi connectivity index (χ4v) is 5.73. The Morgan fingerprint density at radius 2 is 2.19 bits per heavy atom. The quantitative estimate of drug-likeness (QED) is 0.700. The van der Waals surface area contributed by atoms with Gasteiger partial charge in [-0.25, -0.2) is 13.8 Å². The molecule has 1 N–H and O–H groups in total. The first-order valence-electron chi connectivity index (χ1n) is 10.8. The van der Waals surface area contributed by atoms with Gasteiger partial charge in [0.05, 0.1) is 12.7 Å². The Balaban J connectivity index is 1.66. The van der Waals surface area contributed by atoms with E-state index in [0.717, 1.165) is 31.7 Å². The number of hydrogen-bond acceptors (Lipinski definition) is 4. The maximum atomic E-state index is 14.9. The van der Waals surface area contributed by atoms with Gasteiger partial charge in [0.15, 0.2) is 5.17 Å². The maximum Gasteiger partial charge on any atom is 0.256 e. The van der Waals surface area contributed by atoms with Crippen molar-refractivity contribution in [2.75, 3.05) is 12.4 Å². The third-order valence-electron chi connectivity index (χ3n) is 6.09. The van der Waals surface area contributed by atoms with Gasteiger partial charge in [-0.1, -0.05) is 49.9 Å². The summed E-state index contributed by atoms with van der Waals surface area (Å²) in [4.78, 5) is 17.5. The molecule has 0 radical (unpaired) electrons. The number of nitrogens with one attached hydrogen (secondary N) is 1. The average molecular weight is 447 g/mol. The van der Waals surface area contributed by atoms with Crippen molar-refractivity contribution in [3.05, 3.63) is 59.2 Å². The van der Waals surface area contributed by atoms with E-state index in [9.17, 15) is 13.6 Å². The molecule has 1 fully saturated rings. The third kappa shape index (κ3) is 4.77. The number of hydrogen-bond donors (Lipinski definition) is 1. The number of fused-ring (bicyclic) bond motifs is 1. The second-order valence-electron chi connectivity index (χ2n) is 8.86. The van der Waals surface area contributed by atoms with Crippen molar-refractivity contribution < 1.29 is 18.3 Å².